The second kappa shape index (κ2) is 12.4. The van der Waals surface area contributed by atoms with Crippen molar-refractivity contribution < 1.29 is 28.3 Å². The number of hydrogen-bond acceptors (Lipinski definition) is 8. The van der Waals surface area contributed by atoms with Crippen molar-refractivity contribution in [3.8, 4) is 0 Å². The van der Waals surface area contributed by atoms with E-state index in [-0.39, 0.29) is 36.5 Å². The fourth-order valence-electron chi connectivity index (χ4n) is 4.40. The minimum absolute atomic E-state index is 0.108. The average Bonchev–Trinajstić information content (AvgIpc) is 3.58. The topological polar surface area (TPSA) is 101 Å². The lowest BCUT2D eigenvalue weighted by molar-refractivity contribution is 0.0504. The number of benzene rings is 2. The second-order valence-corrected chi connectivity index (χ2v) is 10.8. The van der Waals surface area contributed by atoms with Gasteiger partial charge in [-0.05, 0) is 58.6 Å². The van der Waals surface area contributed by atoms with E-state index < -0.39 is 23.5 Å². The number of halogens is 1. The Morgan fingerprint density at radius 3 is 2.56 bits per heavy atom. The molecule has 1 atom stereocenters. The molecule has 210 valence electrons. The molecule has 4 rings (SSSR count). The Balaban J connectivity index is 1.64. The molecule has 0 bridgehead atoms. The number of alkyl carbamates (subject to hydrolysis) is 1. The normalized spacial score (nSPS) is 17.3. The average molecular weight is 541 g/mol. The summed E-state index contributed by atoms with van der Waals surface area (Å²) in [6.07, 6.45) is 3.43. The number of oxime groups is 1. The Bertz CT molecular complexity index is 1190. The van der Waals surface area contributed by atoms with Gasteiger partial charge in [-0.2, -0.15) is 0 Å². The fraction of sp³-hybridized carbons (Fsp3) is 0.483. The molecule has 1 unspecified atom stereocenters. The largest absolute Gasteiger partial charge is 0.462 e. The van der Waals surface area contributed by atoms with E-state index in [0.29, 0.717) is 30.8 Å². The van der Waals surface area contributed by atoms with Crippen LogP contribution >= 0.6 is 0 Å². The first kappa shape index (κ1) is 28.2. The van der Waals surface area contributed by atoms with Crippen LogP contribution in [0.3, 0.4) is 0 Å². The molecule has 0 aromatic heterocycles. The zero-order valence-electron chi connectivity index (χ0n) is 23.0. The van der Waals surface area contributed by atoms with Crippen LogP contribution < -0.4 is 15.5 Å². The van der Waals surface area contributed by atoms with Crippen LogP contribution in [-0.2, 0) is 20.9 Å². The van der Waals surface area contributed by atoms with Gasteiger partial charge >= 0.3 is 12.1 Å². The fourth-order valence-corrected chi connectivity index (χ4v) is 4.40. The molecule has 1 aliphatic carbocycles. The summed E-state index contributed by atoms with van der Waals surface area (Å²) in [5.41, 5.74) is 1.57. The van der Waals surface area contributed by atoms with Crippen LogP contribution in [0.2, 0.25) is 0 Å². The number of hydrogen-bond donors (Lipinski definition) is 2. The predicted octanol–water partition coefficient (Wildman–Crippen LogP) is 5.23. The van der Waals surface area contributed by atoms with Crippen LogP contribution in [0.25, 0.3) is 0 Å². The number of esters is 1. The van der Waals surface area contributed by atoms with Gasteiger partial charge in [-0.1, -0.05) is 35.5 Å². The van der Waals surface area contributed by atoms with E-state index in [0.717, 1.165) is 18.4 Å². The van der Waals surface area contributed by atoms with Crippen molar-refractivity contribution in [2.45, 2.75) is 71.2 Å². The van der Waals surface area contributed by atoms with E-state index in [1.807, 2.05) is 35.2 Å². The maximum atomic E-state index is 15.8. The zero-order chi connectivity index (χ0) is 28.0. The molecule has 1 saturated heterocycles. The summed E-state index contributed by atoms with van der Waals surface area (Å²) in [5, 5.41) is 10.4. The van der Waals surface area contributed by atoms with Crippen molar-refractivity contribution in [1.82, 2.24) is 5.32 Å². The van der Waals surface area contributed by atoms with Crippen molar-refractivity contribution in [3.63, 3.8) is 0 Å². The van der Waals surface area contributed by atoms with Crippen LogP contribution in [0, 0.1) is 5.82 Å². The lowest BCUT2D eigenvalue weighted by atomic mass is 10.0. The zero-order valence-corrected chi connectivity index (χ0v) is 23.0. The summed E-state index contributed by atoms with van der Waals surface area (Å²) in [5.74, 6) is -1.20. The standard InChI is InChI=1S/C29H37FN4O5/c1-5-37-27(35)22-15-24(30)26(34-14-13-21(17-34)33-28(36)39-29(2,3)4)23(25(22)32-20-11-12-20)16-31-38-18-19-9-7-6-8-10-19/h6-10,15-16,20-21,32H,5,11-14,17-18H2,1-4H3,(H,33,36). The molecular formula is C29H37FN4O5. The third-order valence-electron chi connectivity index (χ3n) is 6.27. The van der Waals surface area contributed by atoms with Gasteiger partial charge < -0.3 is 29.8 Å². The highest BCUT2D eigenvalue weighted by atomic mass is 19.1. The lowest BCUT2D eigenvalue weighted by Gasteiger charge is -2.25. The molecule has 0 spiro atoms. The molecule has 2 aromatic rings. The lowest BCUT2D eigenvalue weighted by Crippen LogP contribution is -2.40. The number of nitrogens with zero attached hydrogens (tertiary/aromatic N) is 2. The van der Waals surface area contributed by atoms with E-state index in [9.17, 15) is 9.59 Å². The quantitative estimate of drug-likeness (QED) is 0.242. The number of carbonyl (C=O) groups excluding carboxylic acids is 2. The van der Waals surface area contributed by atoms with E-state index in [2.05, 4.69) is 15.8 Å². The number of anilines is 2. The van der Waals surface area contributed by atoms with Crippen LogP contribution in [0.15, 0.2) is 41.6 Å². The summed E-state index contributed by atoms with van der Waals surface area (Å²) >= 11 is 0. The Morgan fingerprint density at radius 2 is 1.90 bits per heavy atom. The Hall–Kier alpha value is -3.82. The monoisotopic (exact) mass is 540 g/mol. The molecule has 0 radical (unpaired) electrons. The van der Waals surface area contributed by atoms with Gasteiger partial charge in [0.05, 0.1) is 35.8 Å². The molecule has 1 amide bonds. The maximum absolute atomic E-state index is 15.8. The van der Waals surface area contributed by atoms with Gasteiger partial charge in [0, 0.05) is 24.7 Å². The molecule has 2 N–H and O–H groups in total. The van der Waals surface area contributed by atoms with Crippen LogP contribution in [-0.4, -0.2) is 55.7 Å². The number of carbonyl (C=O) groups is 2. The molecule has 1 heterocycles. The van der Waals surface area contributed by atoms with Crippen LogP contribution in [0.1, 0.15) is 68.4 Å². The molecule has 10 heteroatoms. The molecule has 2 aliphatic rings. The Kier molecular flexibility index (Phi) is 8.93. The first-order valence-corrected chi connectivity index (χ1v) is 13.4. The summed E-state index contributed by atoms with van der Waals surface area (Å²) in [4.78, 5) is 32.5. The predicted molar refractivity (Wildman–Crippen MR) is 148 cm³/mol. The third-order valence-corrected chi connectivity index (χ3v) is 6.27. The van der Waals surface area contributed by atoms with Gasteiger partial charge in [0.1, 0.15) is 18.0 Å². The molecular weight excluding hydrogens is 503 g/mol. The second-order valence-electron chi connectivity index (χ2n) is 10.8. The van der Waals surface area contributed by atoms with Crippen molar-refractivity contribution >= 4 is 29.7 Å². The van der Waals surface area contributed by atoms with Gasteiger partial charge in [0.2, 0.25) is 0 Å². The first-order valence-electron chi connectivity index (χ1n) is 13.4. The van der Waals surface area contributed by atoms with E-state index in [1.54, 1.807) is 27.7 Å². The van der Waals surface area contributed by atoms with Crippen molar-refractivity contribution in [3.05, 3.63) is 58.9 Å². The van der Waals surface area contributed by atoms with Gasteiger partial charge in [-0.15, -0.1) is 0 Å². The highest BCUT2D eigenvalue weighted by molar-refractivity contribution is 6.05. The molecule has 1 saturated carbocycles. The van der Waals surface area contributed by atoms with E-state index in [4.69, 9.17) is 14.3 Å². The summed E-state index contributed by atoms with van der Waals surface area (Å²) in [6.45, 7) is 8.37. The van der Waals surface area contributed by atoms with Crippen LogP contribution in [0.5, 0.6) is 0 Å². The summed E-state index contributed by atoms with van der Waals surface area (Å²) in [7, 11) is 0. The molecule has 1 aliphatic heterocycles. The van der Waals surface area contributed by atoms with Gasteiger partial charge in [0.25, 0.3) is 0 Å². The first-order chi connectivity index (χ1) is 18.6. The summed E-state index contributed by atoms with van der Waals surface area (Å²) < 4.78 is 26.4. The molecule has 2 aromatic carbocycles. The Morgan fingerprint density at radius 1 is 1.15 bits per heavy atom. The summed E-state index contributed by atoms with van der Waals surface area (Å²) in [6, 6.07) is 10.7. The van der Waals surface area contributed by atoms with E-state index in [1.165, 1.54) is 12.3 Å². The smallest absolute Gasteiger partial charge is 0.407 e. The van der Waals surface area contributed by atoms with Crippen molar-refractivity contribution in [2.75, 3.05) is 29.9 Å². The molecule has 2 fully saturated rings. The number of amides is 1. The van der Waals surface area contributed by atoms with Crippen molar-refractivity contribution in [2.24, 2.45) is 5.16 Å². The van der Waals surface area contributed by atoms with Crippen molar-refractivity contribution in [1.29, 1.82) is 0 Å². The maximum Gasteiger partial charge on any atom is 0.407 e. The van der Waals surface area contributed by atoms with E-state index >= 15 is 4.39 Å². The highest BCUT2D eigenvalue weighted by Crippen LogP contribution is 2.38. The number of nitrogens with one attached hydrogen (secondary N) is 2. The van der Waals surface area contributed by atoms with Gasteiger partial charge in [0.15, 0.2) is 0 Å². The number of rotatable bonds is 10. The van der Waals surface area contributed by atoms with Crippen LogP contribution in [0.4, 0.5) is 20.6 Å². The highest BCUT2D eigenvalue weighted by Gasteiger charge is 2.33. The number of ether oxygens (including phenoxy) is 2. The molecule has 9 nitrogen and oxygen atoms in total. The van der Waals surface area contributed by atoms with Gasteiger partial charge in [-0.3, -0.25) is 0 Å². The third kappa shape index (κ3) is 7.84. The van der Waals surface area contributed by atoms with Gasteiger partial charge in [-0.25, -0.2) is 14.0 Å². The molecule has 39 heavy (non-hydrogen) atoms. The minimum atomic E-state index is -0.621. The Labute approximate surface area is 228 Å². The SMILES string of the molecule is CCOC(=O)c1cc(F)c(N2CCC(NC(=O)OC(C)(C)C)C2)c(C=NOCc2ccccc2)c1NC1CC1. The minimum Gasteiger partial charge on any atom is -0.462 e.